The minimum Gasteiger partial charge on any atom is -0.467 e. The number of amides is 1. The van der Waals surface area contributed by atoms with Gasteiger partial charge in [-0.25, -0.2) is 4.68 Å². The number of aromatic nitrogens is 2. The Labute approximate surface area is 179 Å². The van der Waals surface area contributed by atoms with Crippen molar-refractivity contribution < 1.29 is 9.21 Å². The summed E-state index contributed by atoms with van der Waals surface area (Å²) in [6.07, 6.45) is 1.60. The summed E-state index contributed by atoms with van der Waals surface area (Å²) in [5, 5.41) is 6.00. The highest BCUT2D eigenvalue weighted by molar-refractivity contribution is 5.92. The lowest BCUT2D eigenvalue weighted by molar-refractivity contribution is -0.115. The molecule has 0 saturated carbocycles. The predicted octanol–water partition coefficient (Wildman–Crippen LogP) is 3.40. The third kappa shape index (κ3) is 4.22. The van der Waals surface area contributed by atoms with Crippen molar-refractivity contribution in [3.63, 3.8) is 0 Å². The molecule has 2 N–H and O–H groups in total. The van der Waals surface area contributed by atoms with Gasteiger partial charge in [-0.3, -0.25) is 19.6 Å². The van der Waals surface area contributed by atoms with Gasteiger partial charge in [0.15, 0.2) is 0 Å². The molecule has 31 heavy (non-hydrogen) atoms. The summed E-state index contributed by atoms with van der Waals surface area (Å²) in [6.45, 7) is 1.82. The fourth-order valence-electron chi connectivity index (χ4n) is 3.57. The van der Waals surface area contributed by atoms with E-state index in [1.54, 1.807) is 24.9 Å². The van der Waals surface area contributed by atoms with Gasteiger partial charge >= 0.3 is 0 Å². The number of nitrogens with one attached hydrogen (secondary N) is 2. The van der Waals surface area contributed by atoms with E-state index in [4.69, 9.17) is 4.42 Å². The van der Waals surface area contributed by atoms with Gasteiger partial charge in [0.1, 0.15) is 11.4 Å². The van der Waals surface area contributed by atoms with Crippen molar-refractivity contribution in [2.75, 3.05) is 11.9 Å². The number of nitrogens with zero attached hydrogens (tertiary/aromatic N) is 2. The average Bonchev–Trinajstić information content (AvgIpc) is 3.39. The van der Waals surface area contributed by atoms with Crippen LogP contribution in [-0.4, -0.2) is 21.8 Å². The topological polar surface area (TPSA) is 81.2 Å². The van der Waals surface area contributed by atoms with Crippen LogP contribution in [0.4, 0.5) is 5.69 Å². The summed E-state index contributed by atoms with van der Waals surface area (Å²) in [5.74, 6) is 0.403. The third-order valence-electron chi connectivity index (χ3n) is 5.25. The van der Waals surface area contributed by atoms with Crippen molar-refractivity contribution in [1.29, 1.82) is 0 Å². The highest BCUT2D eigenvalue weighted by atomic mass is 16.3. The largest absolute Gasteiger partial charge is 0.467 e. The van der Waals surface area contributed by atoms with E-state index < -0.39 is 0 Å². The molecule has 1 amide bonds. The first-order chi connectivity index (χ1) is 15.1. The van der Waals surface area contributed by atoms with Gasteiger partial charge in [-0.1, -0.05) is 48.5 Å². The molecule has 0 saturated heterocycles. The van der Waals surface area contributed by atoms with Crippen LogP contribution in [0.2, 0.25) is 0 Å². The van der Waals surface area contributed by atoms with E-state index in [-0.39, 0.29) is 29.7 Å². The Bertz CT molecular complexity index is 1210. The molecule has 0 radical (unpaired) electrons. The second kappa shape index (κ2) is 8.89. The molecule has 4 rings (SSSR count). The number of anilines is 1. The van der Waals surface area contributed by atoms with Crippen LogP contribution in [0.3, 0.4) is 0 Å². The Kier molecular flexibility index (Phi) is 5.86. The molecule has 0 aliphatic rings. The van der Waals surface area contributed by atoms with Crippen LogP contribution >= 0.6 is 0 Å². The van der Waals surface area contributed by atoms with Crippen molar-refractivity contribution in [2.45, 2.75) is 13.0 Å². The van der Waals surface area contributed by atoms with Gasteiger partial charge in [-0.2, -0.15) is 0 Å². The van der Waals surface area contributed by atoms with Crippen molar-refractivity contribution >= 4 is 11.6 Å². The lowest BCUT2D eigenvalue weighted by atomic mass is 10.0. The van der Waals surface area contributed by atoms with Crippen LogP contribution in [-0.2, 0) is 11.8 Å². The van der Waals surface area contributed by atoms with E-state index in [0.717, 1.165) is 11.3 Å². The fraction of sp³-hybridized carbons (Fsp3) is 0.167. The molecule has 0 aliphatic heterocycles. The van der Waals surface area contributed by atoms with Crippen molar-refractivity contribution in [3.05, 3.63) is 106 Å². The first-order valence-corrected chi connectivity index (χ1v) is 10.0. The minimum atomic E-state index is -0.307. The van der Waals surface area contributed by atoms with Gasteiger partial charge < -0.3 is 9.73 Å². The Hall–Kier alpha value is -3.84. The summed E-state index contributed by atoms with van der Waals surface area (Å²) in [4.78, 5) is 25.7. The van der Waals surface area contributed by atoms with E-state index in [1.807, 2.05) is 72.8 Å². The summed E-state index contributed by atoms with van der Waals surface area (Å²) in [6, 6.07) is 22.5. The lowest BCUT2D eigenvalue weighted by Gasteiger charge is -2.17. The molecule has 158 valence electrons. The van der Waals surface area contributed by atoms with Gasteiger partial charge in [-0.05, 0) is 36.8 Å². The SMILES string of the molecule is Cc1c(NC(=O)CN[C@H](c2ccccc2)c2ccco2)c(=O)n(-c2ccccc2)n1C. The molecule has 0 spiro atoms. The van der Waals surface area contributed by atoms with E-state index in [9.17, 15) is 9.59 Å². The molecule has 2 aromatic heterocycles. The first kappa shape index (κ1) is 20.4. The summed E-state index contributed by atoms with van der Waals surface area (Å²) < 4.78 is 8.82. The number of para-hydroxylation sites is 1. The number of carbonyl (C=O) groups is 1. The molecule has 7 heteroatoms. The number of hydrogen-bond acceptors (Lipinski definition) is 4. The monoisotopic (exact) mass is 416 g/mol. The number of benzene rings is 2. The van der Waals surface area contributed by atoms with E-state index in [1.165, 1.54) is 4.68 Å². The standard InChI is InChI=1S/C24H24N4O3/c1-17-22(24(30)28(27(17)2)19-12-7-4-8-13-19)26-21(29)16-25-23(20-14-9-15-31-20)18-10-5-3-6-11-18/h3-15,23,25H,16H2,1-2H3,(H,26,29)/t23-/m1/s1. The highest BCUT2D eigenvalue weighted by Gasteiger charge is 2.20. The number of furan rings is 1. The number of carbonyl (C=O) groups excluding carboxylic acids is 1. The smallest absolute Gasteiger partial charge is 0.295 e. The Morgan fingerprint density at radius 1 is 1.00 bits per heavy atom. The zero-order valence-corrected chi connectivity index (χ0v) is 17.4. The van der Waals surface area contributed by atoms with Gasteiger partial charge in [-0.15, -0.1) is 0 Å². The number of rotatable bonds is 7. The minimum absolute atomic E-state index is 0.0133. The van der Waals surface area contributed by atoms with Gasteiger partial charge in [0.25, 0.3) is 5.56 Å². The summed E-state index contributed by atoms with van der Waals surface area (Å²) >= 11 is 0. The summed E-state index contributed by atoms with van der Waals surface area (Å²) in [5.41, 5.74) is 2.39. The molecular weight excluding hydrogens is 392 g/mol. The molecule has 0 bridgehead atoms. The van der Waals surface area contributed by atoms with Gasteiger partial charge in [0.05, 0.1) is 30.2 Å². The van der Waals surface area contributed by atoms with Crippen LogP contribution in [0.15, 0.2) is 88.3 Å². The van der Waals surface area contributed by atoms with Crippen LogP contribution in [0.25, 0.3) is 5.69 Å². The average molecular weight is 416 g/mol. The van der Waals surface area contributed by atoms with Crippen molar-refractivity contribution in [2.24, 2.45) is 7.05 Å². The highest BCUT2D eigenvalue weighted by Crippen LogP contribution is 2.22. The van der Waals surface area contributed by atoms with Crippen LogP contribution in [0.1, 0.15) is 23.1 Å². The molecular formula is C24H24N4O3. The molecule has 4 aromatic rings. The van der Waals surface area contributed by atoms with Gasteiger partial charge in [0.2, 0.25) is 5.91 Å². The number of hydrogen-bond donors (Lipinski definition) is 2. The predicted molar refractivity (Wildman–Crippen MR) is 119 cm³/mol. The van der Waals surface area contributed by atoms with E-state index in [2.05, 4.69) is 10.6 Å². The van der Waals surface area contributed by atoms with Crippen molar-refractivity contribution in [1.82, 2.24) is 14.7 Å². The van der Waals surface area contributed by atoms with E-state index >= 15 is 0 Å². The van der Waals surface area contributed by atoms with E-state index in [0.29, 0.717) is 11.5 Å². The Morgan fingerprint density at radius 3 is 2.32 bits per heavy atom. The lowest BCUT2D eigenvalue weighted by Crippen LogP contribution is -2.33. The molecule has 0 fully saturated rings. The maximum absolute atomic E-state index is 13.0. The normalized spacial score (nSPS) is 11.9. The third-order valence-corrected chi connectivity index (χ3v) is 5.25. The second-order valence-electron chi connectivity index (χ2n) is 7.22. The summed E-state index contributed by atoms with van der Waals surface area (Å²) in [7, 11) is 1.79. The second-order valence-corrected chi connectivity index (χ2v) is 7.22. The first-order valence-electron chi connectivity index (χ1n) is 10.0. The molecule has 7 nitrogen and oxygen atoms in total. The zero-order chi connectivity index (χ0) is 21.8. The van der Waals surface area contributed by atoms with Gasteiger partial charge in [0, 0.05) is 7.05 Å². The van der Waals surface area contributed by atoms with Crippen LogP contribution in [0, 0.1) is 6.92 Å². The van der Waals surface area contributed by atoms with Crippen LogP contribution in [0.5, 0.6) is 0 Å². The van der Waals surface area contributed by atoms with Crippen LogP contribution < -0.4 is 16.2 Å². The Morgan fingerprint density at radius 2 is 1.68 bits per heavy atom. The molecule has 0 aliphatic carbocycles. The molecule has 0 unspecified atom stereocenters. The molecule has 2 heterocycles. The maximum atomic E-state index is 13.0. The van der Waals surface area contributed by atoms with Crippen molar-refractivity contribution in [3.8, 4) is 5.69 Å². The Balaban J connectivity index is 1.52. The fourth-order valence-corrected chi connectivity index (χ4v) is 3.57. The molecule has 2 aromatic carbocycles. The maximum Gasteiger partial charge on any atom is 0.295 e. The zero-order valence-electron chi connectivity index (χ0n) is 17.4. The molecule has 1 atom stereocenters. The quantitative estimate of drug-likeness (QED) is 0.484.